The lowest BCUT2D eigenvalue weighted by Gasteiger charge is -2.34. The molecule has 0 aliphatic carbocycles. The zero-order chi connectivity index (χ0) is 25.4. The summed E-state index contributed by atoms with van der Waals surface area (Å²) in [6, 6.07) is 5.41. The fourth-order valence-electron chi connectivity index (χ4n) is 4.63. The summed E-state index contributed by atoms with van der Waals surface area (Å²) in [7, 11) is 1.76. The molecule has 3 aromatic rings. The van der Waals surface area contributed by atoms with Gasteiger partial charge in [0.05, 0.1) is 11.6 Å². The molecular weight excluding hydrogens is 484 g/mol. The highest BCUT2D eigenvalue weighted by molar-refractivity contribution is 7.11. The summed E-state index contributed by atoms with van der Waals surface area (Å²) in [6.07, 6.45) is 0.665. The second-order valence-electron chi connectivity index (χ2n) is 8.92. The van der Waals surface area contributed by atoms with Crippen molar-refractivity contribution < 1.29 is 23.9 Å². The van der Waals surface area contributed by atoms with Crippen molar-refractivity contribution in [1.29, 1.82) is 0 Å². The number of hydrogen-bond acceptors (Lipinski definition) is 8. The topological polar surface area (TPSA) is 127 Å². The average Bonchev–Trinajstić information content (AvgIpc) is 3.45. The molecule has 2 aliphatic rings. The summed E-state index contributed by atoms with van der Waals surface area (Å²) in [4.78, 5) is 57.0. The number of nitrogens with one attached hydrogen (secondary N) is 1. The predicted molar refractivity (Wildman–Crippen MR) is 131 cm³/mol. The number of carbonyl (C=O) groups is 4. The number of para-hydroxylation sites is 1. The molecule has 1 aromatic carbocycles. The van der Waals surface area contributed by atoms with E-state index in [-0.39, 0.29) is 36.7 Å². The molecule has 0 bridgehead atoms. The van der Waals surface area contributed by atoms with Crippen LogP contribution in [0.15, 0.2) is 23.6 Å². The van der Waals surface area contributed by atoms with Crippen molar-refractivity contribution >= 4 is 45.9 Å². The van der Waals surface area contributed by atoms with Gasteiger partial charge in [-0.05, 0) is 19.4 Å². The van der Waals surface area contributed by atoms with Crippen LogP contribution in [0.25, 0.3) is 10.9 Å². The number of piperazine rings is 1. The molecule has 36 heavy (non-hydrogen) atoms. The van der Waals surface area contributed by atoms with Crippen molar-refractivity contribution in [2.75, 3.05) is 32.8 Å². The number of rotatable bonds is 5. The minimum Gasteiger partial charge on any atom is -0.481 e. The molecule has 0 radical (unpaired) electrons. The van der Waals surface area contributed by atoms with Crippen molar-refractivity contribution in [2.45, 2.75) is 25.7 Å². The fraction of sp³-hybridized carbons (Fsp3) is 0.417. The summed E-state index contributed by atoms with van der Waals surface area (Å²) in [6.45, 7) is 3.43. The highest BCUT2D eigenvalue weighted by Crippen LogP contribution is 2.34. The zero-order valence-corrected chi connectivity index (χ0v) is 20.8. The van der Waals surface area contributed by atoms with Gasteiger partial charge in [-0.3, -0.25) is 29.2 Å². The molecule has 2 aromatic heterocycles. The molecule has 188 valence electrons. The summed E-state index contributed by atoms with van der Waals surface area (Å²) >= 11 is 1.33. The Bertz CT molecular complexity index is 1360. The Kier molecular flexibility index (Phi) is 6.44. The fourth-order valence-corrected chi connectivity index (χ4v) is 5.40. The van der Waals surface area contributed by atoms with Gasteiger partial charge in [0.2, 0.25) is 11.8 Å². The van der Waals surface area contributed by atoms with Crippen LogP contribution in [0.4, 0.5) is 0 Å². The first kappa shape index (κ1) is 23.9. The van der Waals surface area contributed by atoms with Crippen molar-refractivity contribution in [2.24, 2.45) is 7.05 Å². The van der Waals surface area contributed by atoms with Crippen LogP contribution in [-0.2, 0) is 21.4 Å². The molecule has 5 rings (SSSR count). The Labute approximate surface area is 211 Å². The van der Waals surface area contributed by atoms with E-state index in [0.717, 1.165) is 11.1 Å². The molecule has 12 heteroatoms. The van der Waals surface area contributed by atoms with Crippen LogP contribution in [0, 0.1) is 6.92 Å². The lowest BCUT2D eigenvalue weighted by Crippen LogP contribution is -2.51. The standard InChI is InChI=1S/C24H26N6O5S/c1-14-13-36-23(25-14)24(34)30-10-8-29(9-11-30)19(32)12-35-17-5-3-4-15-20(27-28(2)21(15)17)16-6-7-18(31)26-22(16)33/h3-5,13,16H,6-12H2,1-2H3,(H,26,31,33). The lowest BCUT2D eigenvalue weighted by atomic mass is 9.93. The van der Waals surface area contributed by atoms with Crippen molar-refractivity contribution in [3.8, 4) is 5.75 Å². The number of aromatic nitrogens is 3. The predicted octanol–water partition coefficient (Wildman–Crippen LogP) is 1.22. The molecule has 11 nitrogen and oxygen atoms in total. The first-order valence-corrected chi connectivity index (χ1v) is 12.6. The second-order valence-corrected chi connectivity index (χ2v) is 9.78. The van der Waals surface area contributed by atoms with Gasteiger partial charge in [-0.25, -0.2) is 4.98 Å². The van der Waals surface area contributed by atoms with Gasteiger partial charge in [0, 0.05) is 56.1 Å². The van der Waals surface area contributed by atoms with Gasteiger partial charge >= 0.3 is 0 Å². The zero-order valence-electron chi connectivity index (χ0n) is 20.0. The smallest absolute Gasteiger partial charge is 0.282 e. The number of hydrogen-bond donors (Lipinski definition) is 1. The summed E-state index contributed by atoms with van der Waals surface area (Å²) < 4.78 is 7.55. The van der Waals surface area contributed by atoms with Crippen LogP contribution >= 0.6 is 11.3 Å². The van der Waals surface area contributed by atoms with E-state index in [0.29, 0.717) is 54.6 Å². The molecule has 1 unspecified atom stereocenters. The van der Waals surface area contributed by atoms with Crippen molar-refractivity contribution in [3.05, 3.63) is 40.0 Å². The average molecular weight is 511 g/mol. The maximum absolute atomic E-state index is 12.8. The second kappa shape index (κ2) is 9.69. The van der Waals surface area contributed by atoms with Gasteiger partial charge in [-0.2, -0.15) is 5.10 Å². The summed E-state index contributed by atoms with van der Waals surface area (Å²) in [5.74, 6) is -0.932. The van der Waals surface area contributed by atoms with Crippen LogP contribution in [-0.4, -0.2) is 81.0 Å². The molecule has 2 fully saturated rings. The van der Waals surface area contributed by atoms with Crippen LogP contribution in [0.3, 0.4) is 0 Å². The normalized spacial score (nSPS) is 18.4. The number of benzene rings is 1. The number of imide groups is 1. The number of thiazole rings is 1. The van der Waals surface area contributed by atoms with E-state index in [4.69, 9.17) is 4.74 Å². The quantitative estimate of drug-likeness (QED) is 0.512. The third-order valence-corrected chi connectivity index (χ3v) is 7.45. The van der Waals surface area contributed by atoms with Gasteiger partial charge in [0.25, 0.3) is 11.8 Å². The minimum atomic E-state index is -0.518. The summed E-state index contributed by atoms with van der Waals surface area (Å²) in [5, 5.41) is 9.99. The van der Waals surface area contributed by atoms with Gasteiger partial charge in [-0.1, -0.05) is 12.1 Å². The Balaban J connectivity index is 1.23. The first-order valence-electron chi connectivity index (χ1n) is 11.7. The van der Waals surface area contributed by atoms with Crippen LogP contribution in [0.1, 0.15) is 39.9 Å². The largest absolute Gasteiger partial charge is 0.481 e. The number of ether oxygens (including phenoxy) is 1. The molecule has 4 heterocycles. The number of aryl methyl sites for hydroxylation is 2. The minimum absolute atomic E-state index is 0.105. The number of nitrogens with zero attached hydrogens (tertiary/aromatic N) is 5. The van der Waals surface area contributed by atoms with E-state index in [1.807, 2.05) is 18.4 Å². The third kappa shape index (κ3) is 4.55. The van der Waals surface area contributed by atoms with E-state index >= 15 is 0 Å². The molecule has 2 saturated heterocycles. The van der Waals surface area contributed by atoms with E-state index in [1.54, 1.807) is 33.7 Å². The highest BCUT2D eigenvalue weighted by atomic mass is 32.1. The Morgan fingerprint density at radius 1 is 1.17 bits per heavy atom. The van der Waals surface area contributed by atoms with Crippen molar-refractivity contribution in [1.82, 2.24) is 29.9 Å². The lowest BCUT2D eigenvalue weighted by molar-refractivity contribution is -0.135. The molecule has 4 amide bonds. The molecule has 2 aliphatic heterocycles. The SMILES string of the molecule is Cc1csc(C(=O)N2CCN(C(=O)COc3cccc4c(C5CCC(=O)NC5=O)nn(C)c34)CC2)n1. The molecule has 0 spiro atoms. The van der Waals surface area contributed by atoms with Gasteiger partial charge < -0.3 is 14.5 Å². The molecular formula is C24H26N6O5S. The monoisotopic (exact) mass is 510 g/mol. The van der Waals surface area contributed by atoms with E-state index in [9.17, 15) is 19.2 Å². The van der Waals surface area contributed by atoms with Gasteiger partial charge in [0.1, 0.15) is 11.3 Å². The van der Waals surface area contributed by atoms with Crippen LogP contribution < -0.4 is 10.1 Å². The Hall–Kier alpha value is -3.80. The number of piperidine rings is 1. The van der Waals surface area contributed by atoms with Crippen molar-refractivity contribution in [3.63, 3.8) is 0 Å². The van der Waals surface area contributed by atoms with Gasteiger partial charge in [-0.15, -0.1) is 11.3 Å². The third-order valence-electron chi connectivity index (χ3n) is 6.50. The molecule has 1 N–H and O–H groups in total. The number of fused-ring (bicyclic) bond motifs is 1. The maximum atomic E-state index is 12.8. The molecule has 0 saturated carbocycles. The van der Waals surface area contributed by atoms with Gasteiger partial charge in [0.15, 0.2) is 11.6 Å². The Morgan fingerprint density at radius 3 is 2.61 bits per heavy atom. The maximum Gasteiger partial charge on any atom is 0.282 e. The first-order chi connectivity index (χ1) is 17.3. The van der Waals surface area contributed by atoms with E-state index in [1.165, 1.54) is 11.3 Å². The van der Waals surface area contributed by atoms with E-state index < -0.39 is 5.92 Å². The van der Waals surface area contributed by atoms with Crippen LogP contribution in [0.2, 0.25) is 0 Å². The number of amides is 4. The van der Waals surface area contributed by atoms with E-state index in [2.05, 4.69) is 15.4 Å². The Morgan fingerprint density at radius 2 is 1.92 bits per heavy atom. The number of carbonyl (C=O) groups excluding carboxylic acids is 4. The highest BCUT2D eigenvalue weighted by Gasteiger charge is 2.32. The van der Waals surface area contributed by atoms with Crippen LogP contribution in [0.5, 0.6) is 5.75 Å². The summed E-state index contributed by atoms with van der Waals surface area (Å²) in [5.41, 5.74) is 2.09. The molecule has 1 atom stereocenters.